The molecule has 0 heterocycles. The summed E-state index contributed by atoms with van der Waals surface area (Å²) < 4.78 is 37.0. The van der Waals surface area contributed by atoms with Crippen molar-refractivity contribution < 1.29 is 18.0 Å². The van der Waals surface area contributed by atoms with Gasteiger partial charge in [-0.2, -0.15) is 13.2 Å². The smallest absolute Gasteiger partial charge is 0.362 e. The highest BCUT2D eigenvalue weighted by Crippen LogP contribution is 2.28. The molecular weight excluding hydrogens is 279 g/mol. The maximum Gasteiger partial charge on any atom is 0.416 e. The van der Waals surface area contributed by atoms with Gasteiger partial charge in [-0.15, -0.1) is 0 Å². The Morgan fingerprint density at radius 2 is 1.79 bits per heavy atom. The molecule has 0 aliphatic heterocycles. The van der Waals surface area contributed by atoms with Crippen LogP contribution in [0.1, 0.15) is 22.8 Å². The van der Waals surface area contributed by atoms with Crippen LogP contribution in [0.3, 0.4) is 0 Å². The molecule has 1 aromatic rings. The summed E-state index contributed by atoms with van der Waals surface area (Å²) in [5.41, 5.74) is 3.98. The van der Waals surface area contributed by atoms with Crippen LogP contribution in [0.25, 0.3) is 0 Å². The Labute approximate surface area is 113 Å². The Morgan fingerprint density at radius 1 is 1.21 bits per heavy atom. The van der Waals surface area contributed by atoms with Crippen molar-refractivity contribution in [2.24, 2.45) is 0 Å². The van der Waals surface area contributed by atoms with Gasteiger partial charge in [-0.1, -0.05) is 0 Å². The predicted octanol–water partition coefficient (Wildman–Crippen LogP) is 1.83. The lowest BCUT2D eigenvalue weighted by molar-refractivity contribution is -0.137. The fourth-order valence-corrected chi connectivity index (χ4v) is 1.40. The van der Waals surface area contributed by atoms with E-state index in [1.165, 1.54) is 0 Å². The minimum absolute atomic E-state index is 0.0970. The fraction of sp³-hybridized carbons (Fsp3) is 0.273. The lowest BCUT2D eigenvalue weighted by atomic mass is 10.1. The number of nitrogens with one attached hydrogen (secondary N) is 3. The monoisotopic (exact) mass is 291 g/mol. The number of rotatable bonds is 2. The van der Waals surface area contributed by atoms with Gasteiger partial charge in [0.1, 0.15) is 0 Å². The molecule has 0 atom stereocenters. The van der Waals surface area contributed by atoms with Gasteiger partial charge < -0.3 is 5.32 Å². The molecule has 0 fully saturated rings. The molecule has 19 heavy (non-hydrogen) atoms. The van der Waals surface area contributed by atoms with E-state index in [2.05, 4.69) is 16.2 Å². The van der Waals surface area contributed by atoms with Gasteiger partial charge in [-0.25, -0.2) is 0 Å². The highest BCUT2D eigenvalue weighted by molar-refractivity contribution is 7.80. The van der Waals surface area contributed by atoms with Crippen molar-refractivity contribution in [3.63, 3.8) is 0 Å². The lowest BCUT2D eigenvalue weighted by Gasteiger charge is -2.11. The van der Waals surface area contributed by atoms with E-state index < -0.39 is 17.6 Å². The average molecular weight is 291 g/mol. The zero-order valence-corrected chi connectivity index (χ0v) is 10.8. The zero-order valence-electron chi connectivity index (χ0n) is 9.97. The van der Waals surface area contributed by atoms with E-state index in [1.54, 1.807) is 0 Å². The summed E-state index contributed by atoms with van der Waals surface area (Å²) in [5.74, 6) is -0.575. The van der Waals surface area contributed by atoms with Gasteiger partial charge >= 0.3 is 6.18 Å². The molecule has 1 rings (SSSR count). The molecule has 0 aromatic heterocycles. The second-order valence-corrected chi connectivity index (χ2v) is 3.92. The third-order valence-electron chi connectivity index (χ3n) is 2.10. The van der Waals surface area contributed by atoms with E-state index in [0.717, 1.165) is 24.3 Å². The summed E-state index contributed by atoms with van der Waals surface area (Å²) in [6.45, 7) is 2.41. The van der Waals surface area contributed by atoms with E-state index >= 15 is 0 Å². The Hall–Kier alpha value is -1.83. The van der Waals surface area contributed by atoms with Crippen LogP contribution in [-0.4, -0.2) is 17.6 Å². The second-order valence-electron chi connectivity index (χ2n) is 3.51. The molecule has 0 spiro atoms. The normalized spacial score (nSPS) is 10.7. The Balaban J connectivity index is 2.61. The molecule has 0 saturated carbocycles. The molecule has 8 heteroatoms. The number of thiocarbonyl (C=S) groups is 1. The lowest BCUT2D eigenvalue weighted by Crippen LogP contribution is -2.46. The van der Waals surface area contributed by atoms with E-state index in [-0.39, 0.29) is 10.7 Å². The van der Waals surface area contributed by atoms with Crippen molar-refractivity contribution in [2.75, 3.05) is 6.54 Å². The molecule has 0 radical (unpaired) electrons. The third kappa shape index (κ3) is 4.74. The highest BCUT2D eigenvalue weighted by Gasteiger charge is 2.30. The molecule has 1 amide bonds. The van der Waals surface area contributed by atoms with Crippen molar-refractivity contribution in [1.82, 2.24) is 16.2 Å². The van der Waals surface area contributed by atoms with Crippen molar-refractivity contribution in [1.29, 1.82) is 0 Å². The molecule has 0 aliphatic rings. The van der Waals surface area contributed by atoms with Crippen LogP contribution in [0, 0.1) is 0 Å². The van der Waals surface area contributed by atoms with Crippen LogP contribution >= 0.6 is 12.2 Å². The number of hydrazine groups is 1. The number of benzene rings is 1. The van der Waals surface area contributed by atoms with Gasteiger partial charge in [0.15, 0.2) is 5.11 Å². The molecule has 104 valence electrons. The molecule has 0 saturated heterocycles. The summed E-state index contributed by atoms with van der Waals surface area (Å²) >= 11 is 4.81. The minimum Gasteiger partial charge on any atom is -0.362 e. The van der Waals surface area contributed by atoms with Gasteiger partial charge in [0.05, 0.1) is 5.56 Å². The molecule has 1 aromatic carbocycles. The largest absolute Gasteiger partial charge is 0.416 e. The topological polar surface area (TPSA) is 53.2 Å². The Bertz CT molecular complexity index is 459. The predicted molar refractivity (Wildman–Crippen MR) is 68.3 cm³/mol. The zero-order chi connectivity index (χ0) is 14.5. The highest BCUT2D eigenvalue weighted by atomic mass is 32.1. The number of halogens is 3. The summed E-state index contributed by atoms with van der Waals surface area (Å²) in [6.07, 6.45) is -4.42. The number of carbonyl (C=O) groups is 1. The van der Waals surface area contributed by atoms with Gasteiger partial charge in [0.25, 0.3) is 5.91 Å². The quantitative estimate of drug-likeness (QED) is 0.575. The molecule has 3 N–H and O–H groups in total. The molecule has 0 aliphatic carbocycles. The number of alkyl halides is 3. The first-order valence-corrected chi connectivity index (χ1v) is 5.77. The third-order valence-corrected chi connectivity index (χ3v) is 2.35. The molecule has 0 bridgehead atoms. The molecule has 4 nitrogen and oxygen atoms in total. The standard InChI is InChI=1S/C11H12F3N3OS/c1-2-15-10(19)17-16-9(18)7-3-5-8(6-4-7)11(12,13)14/h3-6H,2H2,1H3,(H,16,18)(H2,15,17,19). The van der Waals surface area contributed by atoms with Crippen molar-refractivity contribution in [3.05, 3.63) is 35.4 Å². The number of hydrogen-bond acceptors (Lipinski definition) is 2. The molecule has 0 unspecified atom stereocenters. The van der Waals surface area contributed by atoms with Crippen LogP contribution in [0.15, 0.2) is 24.3 Å². The van der Waals surface area contributed by atoms with Gasteiger partial charge in [0.2, 0.25) is 0 Å². The van der Waals surface area contributed by atoms with E-state index in [0.29, 0.717) is 6.54 Å². The van der Waals surface area contributed by atoms with Crippen molar-refractivity contribution >= 4 is 23.2 Å². The second kappa shape index (κ2) is 6.37. The molecular formula is C11H12F3N3OS. The van der Waals surface area contributed by atoms with Gasteiger partial charge in [0, 0.05) is 12.1 Å². The van der Waals surface area contributed by atoms with Gasteiger partial charge in [-0.05, 0) is 43.4 Å². The number of carbonyl (C=O) groups excluding carboxylic acids is 1. The first-order chi connectivity index (χ1) is 8.84. The van der Waals surface area contributed by atoms with Crippen LogP contribution in [0.5, 0.6) is 0 Å². The minimum atomic E-state index is -4.42. The average Bonchev–Trinajstić information content (AvgIpc) is 2.35. The van der Waals surface area contributed by atoms with Crippen molar-refractivity contribution in [3.8, 4) is 0 Å². The summed E-state index contributed by atoms with van der Waals surface area (Å²) in [4.78, 5) is 11.6. The Morgan fingerprint density at radius 3 is 2.26 bits per heavy atom. The fourth-order valence-electron chi connectivity index (χ4n) is 1.20. The van der Waals surface area contributed by atoms with Crippen molar-refractivity contribution in [2.45, 2.75) is 13.1 Å². The number of hydrogen-bond donors (Lipinski definition) is 3. The van der Waals surface area contributed by atoms with E-state index in [4.69, 9.17) is 12.2 Å². The Kier molecular flexibility index (Phi) is 5.11. The van der Waals surface area contributed by atoms with Crippen LogP contribution in [0.2, 0.25) is 0 Å². The van der Waals surface area contributed by atoms with Crippen LogP contribution < -0.4 is 16.2 Å². The first-order valence-electron chi connectivity index (χ1n) is 5.36. The maximum absolute atomic E-state index is 12.3. The van der Waals surface area contributed by atoms with E-state index in [9.17, 15) is 18.0 Å². The maximum atomic E-state index is 12.3. The van der Waals surface area contributed by atoms with Crippen LogP contribution in [-0.2, 0) is 6.18 Å². The SMILES string of the molecule is CCNC(=S)NNC(=O)c1ccc(C(F)(F)F)cc1. The summed E-state index contributed by atoms with van der Waals surface area (Å²) in [5, 5.41) is 2.96. The van der Waals surface area contributed by atoms with Crippen LogP contribution in [0.4, 0.5) is 13.2 Å². The summed E-state index contributed by atoms with van der Waals surface area (Å²) in [7, 11) is 0. The van der Waals surface area contributed by atoms with E-state index in [1.807, 2.05) is 6.92 Å². The van der Waals surface area contributed by atoms with Gasteiger partial charge in [-0.3, -0.25) is 15.6 Å². The first kappa shape index (κ1) is 15.2. The number of amides is 1. The summed E-state index contributed by atoms with van der Waals surface area (Å²) in [6, 6.07) is 3.88.